The van der Waals surface area contributed by atoms with Crippen LogP contribution in [-0.2, 0) is 11.3 Å². The average molecular weight is 335 g/mol. The molecule has 1 fully saturated rings. The van der Waals surface area contributed by atoms with Gasteiger partial charge in [0.2, 0.25) is 11.8 Å². The fourth-order valence-corrected chi connectivity index (χ4v) is 2.94. The predicted molar refractivity (Wildman–Crippen MR) is 86.8 cm³/mol. The van der Waals surface area contributed by atoms with Gasteiger partial charge in [0.1, 0.15) is 12.6 Å². The first kappa shape index (κ1) is 16.9. The van der Waals surface area contributed by atoms with E-state index in [0.717, 1.165) is 6.42 Å². The van der Waals surface area contributed by atoms with Crippen LogP contribution in [0.3, 0.4) is 0 Å². The zero-order valence-electron chi connectivity index (χ0n) is 14.9. The van der Waals surface area contributed by atoms with E-state index in [2.05, 4.69) is 22.2 Å². The summed E-state index contributed by atoms with van der Waals surface area (Å²) in [6.07, 6.45) is 0.834. The van der Waals surface area contributed by atoms with Crippen molar-refractivity contribution < 1.29 is 9.15 Å². The van der Waals surface area contributed by atoms with Gasteiger partial charge in [-0.1, -0.05) is 20.8 Å². The minimum absolute atomic E-state index is 0.00607. The molecule has 0 saturated carbocycles. The standard InChI is InChI=1S/C16H25N5O3/c1-9(2)15-18-17-12(24-15)8-20-16(22)21(10(3)4)14(19-20)13-11(5)6-7-23-13/h9-11,13H,6-8H2,1-5H3/t11-,13+/m1/s1. The lowest BCUT2D eigenvalue weighted by atomic mass is 10.0. The first-order chi connectivity index (χ1) is 11.4. The molecule has 0 radical (unpaired) electrons. The van der Waals surface area contributed by atoms with Crippen molar-refractivity contribution in [1.29, 1.82) is 0 Å². The summed E-state index contributed by atoms with van der Waals surface area (Å²) in [4.78, 5) is 12.8. The van der Waals surface area contributed by atoms with Gasteiger partial charge in [0.15, 0.2) is 5.82 Å². The van der Waals surface area contributed by atoms with Crippen molar-refractivity contribution in [1.82, 2.24) is 24.5 Å². The molecule has 1 saturated heterocycles. The van der Waals surface area contributed by atoms with Crippen LogP contribution in [0.5, 0.6) is 0 Å². The maximum absolute atomic E-state index is 12.8. The second kappa shape index (κ2) is 6.51. The Hall–Kier alpha value is -1.96. The first-order valence-corrected chi connectivity index (χ1v) is 8.51. The minimum atomic E-state index is -0.174. The molecule has 2 atom stereocenters. The lowest BCUT2D eigenvalue weighted by Gasteiger charge is -2.16. The summed E-state index contributed by atoms with van der Waals surface area (Å²) in [6, 6.07) is 0.00607. The third-order valence-electron chi connectivity index (χ3n) is 4.32. The van der Waals surface area contributed by atoms with Gasteiger partial charge < -0.3 is 9.15 Å². The van der Waals surface area contributed by atoms with Crippen LogP contribution in [0.1, 0.15) is 76.7 Å². The molecule has 0 aliphatic carbocycles. The molecule has 1 aliphatic heterocycles. The van der Waals surface area contributed by atoms with Gasteiger partial charge in [0.25, 0.3) is 0 Å². The first-order valence-electron chi connectivity index (χ1n) is 8.51. The molecule has 2 aromatic rings. The second-order valence-corrected chi connectivity index (χ2v) is 7.01. The second-order valence-electron chi connectivity index (χ2n) is 7.01. The number of rotatable bonds is 5. The molecule has 0 unspecified atom stereocenters. The Kier molecular flexibility index (Phi) is 4.58. The Balaban J connectivity index is 1.94. The number of hydrogen-bond acceptors (Lipinski definition) is 6. The molecule has 2 aromatic heterocycles. The van der Waals surface area contributed by atoms with E-state index in [1.807, 2.05) is 27.7 Å². The van der Waals surface area contributed by atoms with E-state index >= 15 is 0 Å². The number of aromatic nitrogens is 5. The number of hydrogen-bond donors (Lipinski definition) is 0. The molecule has 8 nitrogen and oxygen atoms in total. The summed E-state index contributed by atoms with van der Waals surface area (Å²) in [5.41, 5.74) is -0.174. The SMILES string of the molecule is CC(C)c1nnc(Cn2nc([C@H]3OCC[C@H]3C)n(C(C)C)c2=O)o1. The van der Waals surface area contributed by atoms with Gasteiger partial charge in [-0.15, -0.1) is 10.2 Å². The van der Waals surface area contributed by atoms with Crippen molar-refractivity contribution in [3.63, 3.8) is 0 Å². The zero-order valence-corrected chi connectivity index (χ0v) is 14.9. The van der Waals surface area contributed by atoms with E-state index < -0.39 is 0 Å². The third kappa shape index (κ3) is 3.02. The Morgan fingerprint density at radius 3 is 2.54 bits per heavy atom. The molecular weight excluding hydrogens is 310 g/mol. The van der Waals surface area contributed by atoms with Crippen molar-refractivity contribution >= 4 is 0 Å². The summed E-state index contributed by atoms with van der Waals surface area (Å²) < 4.78 is 14.5. The van der Waals surface area contributed by atoms with E-state index in [4.69, 9.17) is 9.15 Å². The summed E-state index contributed by atoms with van der Waals surface area (Å²) in [7, 11) is 0. The van der Waals surface area contributed by atoms with E-state index in [0.29, 0.717) is 30.1 Å². The van der Waals surface area contributed by atoms with Gasteiger partial charge >= 0.3 is 5.69 Å². The Morgan fingerprint density at radius 1 is 1.25 bits per heavy atom. The molecular formula is C16H25N5O3. The topological polar surface area (TPSA) is 88.0 Å². The van der Waals surface area contributed by atoms with Gasteiger partial charge in [-0.3, -0.25) is 4.57 Å². The van der Waals surface area contributed by atoms with Crippen LogP contribution in [0, 0.1) is 5.92 Å². The third-order valence-corrected chi connectivity index (χ3v) is 4.32. The highest BCUT2D eigenvalue weighted by molar-refractivity contribution is 5.00. The predicted octanol–water partition coefficient (Wildman–Crippen LogP) is 2.28. The van der Waals surface area contributed by atoms with Crippen LogP contribution in [0.25, 0.3) is 0 Å². The van der Waals surface area contributed by atoms with Gasteiger partial charge in [-0.05, 0) is 26.2 Å². The lowest BCUT2D eigenvalue weighted by Crippen LogP contribution is -2.28. The van der Waals surface area contributed by atoms with Crippen molar-refractivity contribution in [3.8, 4) is 0 Å². The zero-order chi connectivity index (χ0) is 17.4. The van der Waals surface area contributed by atoms with E-state index in [-0.39, 0.29) is 30.3 Å². The average Bonchev–Trinajstić information content (AvgIpc) is 3.19. The van der Waals surface area contributed by atoms with Gasteiger partial charge in [0, 0.05) is 18.6 Å². The highest BCUT2D eigenvalue weighted by atomic mass is 16.5. The quantitative estimate of drug-likeness (QED) is 0.833. The molecule has 132 valence electrons. The normalized spacial score (nSPS) is 21.3. The van der Waals surface area contributed by atoms with E-state index in [9.17, 15) is 4.79 Å². The molecule has 0 bridgehead atoms. The Labute approximate surface area is 140 Å². The largest absolute Gasteiger partial charge is 0.423 e. The maximum Gasteiger partial charge on any atom is 0.346 e. The van der Waals surface area contributed by atoms with Crippen molar-refractivity contribution in [2.24, 2.45) is 5.92 Å². The highest BCUT2D eigenvalue weighted by Crippen LogP contribution is 2.33. The highest BCUT2D eigenvalue weighted by Gasteiger charge is 2.32. The smallest absolute Gasteiger partial charge is 0.346 e. The molecule has 3 rings (SSSR count). The molecule has 8 heteroatoms. The van der Waals surface area contributed by atoms with Crippen LogP contribution in [0.15, 0.2) is 9.21 Å². The molecule has 0 amide bonds. The Morgan fingerprint density at radius 2 is 2.00 bits per heavy atom. The lowest BCUT2D eigenvalue weighted by molar-refractivity contribution is 0.0825. The van der Waals surface area contributed by atoms with Crippen LogP contribution >= 0.6 is 0 Å². The van der Waals surface area contributed by atoms with Crippen molar-refractivity contribution in [3.05, 3.63) is 28.1 Å². The van der Waals surface area contributed by atoms with Crippen molar-refractivity contribution in [2.75, 3.05) is 6.61 Å². The molecule has 3 heterocycles. The molecule has 0 spiro atoms. The number of nitrogens with zero attached hydrogens (tertiary/aromatic N) is 5. The van der Waals surface area contributed by atoms with Crippen LogP contribution in [0.4, 0.5) is 0 Å². The van der Waals surface area contributed by atoms with Gasteiger partial charge in [0.05, 0.1) is 0 Å². The van der Waals surface area contributed by atoms with E-state index in [1.165, 1.54) is 4.68 Å². The number of ether oxygens (including phenoxy) is 1. The van der Waals surface area contributed by atoms with Crippen molar-refractivity contribution in [2.45, 2.75) is 65.6 Å². The maximum atomic E-state index is 12.8. The van der Waals surface area contributed by atoms with Gasteiger partial charge in [-0.25, -0.2) is 9.48 Å². The van der Waals surface area contributed by atoms with Crippen LogP contribution < -0.4 is 5.69 Å². The molecule has 0 N–H and O–H groups in total. The fraction of sp³-hybridized carbons (Fsp3) is 0.750. The molecule has 1 aliphatic rings. The van der Waals surface area contributed by atoms with Gasteiger partial charge in [-0.2, -0.15) is 5.10 Å². The monoisotopic (exact) mass is 335 g/mol. The van der Waals surface area contributed by atoms with E-state index in [1.54, 1.807) is 4.57 Å². The Bertz CT molecular complexity index is 758. The minimum Gasteiger partial charge on any atom is -0.423 e. The fourth-order valence-electron chi connectivity index (χ4n) is 2.94. The summed E-state index contributed by atoms with van der Waals surface area (Å²) >= 11 is 0. The summed E-state index contributed by atoms with van der Waals surface area (Å²) in [5.74, 6) is 2.13. The summed E-state index contributed by atoms with van der Waals surface area (Å²) in [5, 5.41) is 12.5. The molecule has 0 aromatic carbocycles. The van der Waals surface area contributed by atoms with Crippen LogP contribution in [-0.4, -0.2) is 31.2 Å². The molecule has 24 heavy (non-hydrogen) atoms. The van der Waals surface area contributed by atoms with Crippen LogP contribution in [0.2, 0.25) is 0 Å². The summed E-state index contributed by atoms with van der Waals surface area (Å²) in [6.45, 7) is 10.9.